The van der Waals surface area contributed by atoms with E-state index in [2.05, 4.69) is 12.2 Å². The molecule has 1 aliphatic rings. The van der Waals surface area contributed by atoms with Crippen LogP contribution in [0.3, 0.4) is 0 Å². The largest absolute Gasteiger partial charge is 0.367 e. The highest BCUT2D eigenvalue weighted by Gasteiger charge is 2.23. The second-order valence-corrected chi connectivity index (χ2v) is 5.82. The minimum absolute atomic E-state index is 0.0122. The van der Waals surface area contributed by atoms with Gasteiger partial charge in [-0.05, 0) is 18.8 Å². The van der Waals surface area contributed by atoms with Gasteiger partial charge in [-0.1, -0.05) is 26.2 Å². The number of anilines is 1. The second kappa shape index (κ2) is 6.17. The zero-order valence-corrected chi connectivity index (χ0v) is 12.8. The third-order valence-electron chi connectivity index (χ3n) is 4.48. The third kappa shape index (κ3) is 2.87. The number of nitrogens with one attached hydrogen (secondary N) is 1. The predicted octanol–water partition coefficient (Wildman–Crippen LogP) is 1.34. The van der Waals surface area contributed by atoms with Gasteiger partial charge in [-0.25, -0.2) is 4.79 Å². The highest BCUT2D eigenvalue weighted by molar-refractivity contribution is 5.51. The summed E-state index contributed by atoms with van der Waals surface area (Å²) in [6, 6.07) is 2.15. The minimum Gasteiger partial charge on any atom is -0.367 e. The van der Waals surface area contributed by atoms with Gasteiger partial charge in [0.25, 0.3) is 5.56 Å². The number of nitriles is 1. The molecule has 0 amide bonds. The van der Waals surface area contributed by atoms with Crippen LogP contribution in [0.25, 0.3) is 0 Å². The lowest BCUT2D eigenvalue weighted by Crippen LogP contribution is -2.41. The zero-order chi connectivity index (χ0) is 15.6. The second-order valence-electron chi connectivity index (χ2n) is 5.82. The van der Waals surface area contributed by atoms with Crippen LogP contribution in [0.15, 0.2) is 9.59 Å². The molecule has 114 valence electrons. The van der Waals surface area contributed by atoms with Crippen molar-refractivity contribution in [3.05, 3.63) is 26.4 Å². The third-order valence-corrected chi connectivity index (χ3v) is 4.48. The van der Waals surface area contributed by atoms with Crippen LogP contribution in [-0.2, 0) is 14.1 Å². The number of hydrogen-bond donors (Lipinski definition) is 1. The molecule has 1 aliphatic carbocycles. The Balaban J connectivity index is 2.39. The first kappa shape index (κ1) is 15.4. The molecule has 2 atom stereocenters. The van der Waals surface area contributed by atoms with Gasteiger partial charge in [-0.3, -0.25) is 13.9 Å². The maximum Gasteiger partial charge on any atom is 0.332 e. The van der Waals surface area contributed by atoms with Crippen LogP contribution in [0.4, 0.5) is 5.82 Å². The summed E-state index contributed by atoms with van der Waals surface area (Å²) in [4.78, 5) is 24.1. The van der Waals surface area contributed by atoms with E-state index in [0.29, 0.717) is 11.7 Å². The van der Waals surface area contributed by atoms with Crippen LogP contribution in [0.1, 0.15) is 44.6 Å². The molecule has 21 heavy (non-hydrogen) atoms. The summed E-state index contributed by atoms with van der Waals surface area (Å²) in [5, 5.41) is 12.5. The Morgan fingerprint density at radius 1 is 1.29 bits per heavy atom. The maximum absolute atomic E-state index is 12.0. The summed E-state index contributed by atoms with van der Waals surface area (Å²) in [5.74, 6) is 1.03. The van der Waals surface area contributed by atoms with Gasteiger partial charge in [0.05, 0.1) is 0 Å². The first-order chi connectivity index (χ1) is 9.99. The lowest BCUT2D eigenvalue weighted by Gasteiger charge is -2.30. The van der Waals surface area contributed by atoms with E-state index < -0.39 is 11.2 Å². The van der Waals surface area contributed by atoms with E-state index in [0.717, 1.165) is 30.3 Å². The molecule has 6 heteroatoms. The molecule has 1 aromatic heterocycles. The van der Waals surface area contributed by atoms with Gasteiger partial charge in [0, 0.05) is 20.1 Å². The Kier molecular flexibility index (Phi) is 4.51. The lowest BCUT2D eigenvalue weighted by atomic mass is 9.84. The summed E-state index contributed by atoms with van der Waals surface area (Å²) >= 11 is 0. The Morgan fingerprint density at radius 3 is 2.62 bits per heavy atom. The molecular weight excluding hydrogens is 268 g/mol. The summed E-state index contributed by atoms with van der Waals surface area (Å²) in [7, 11) is 2.98. The van der Waals surface area contributed by atoms with Gasteiger partial charge in [-0.2, -0.15) is 5.26 Å². The molecule has 2 rings (SSSR count). The molecule has 1 saturated carbocycles. The number of aromatic nitrogens is 2. The first-order valence-corrected chi connectivity index (χ1v) is 7.46. The average molecular weight is 290 g/mol. The molecule has 0 saturated heterocycles. The van der Waals surface area contributed by atoms with Gasteiger partial charge < -0.3 is 5.32 Å². The van der Waals surface area contributed by atoms with Crippen molar-refractivity contribution >= 4 is 5.82 Å². The average Bonchev–Trinajstić information content (AvgIpc) is 2.51. The Hall–Kier alpha value is -2.03. The lowest BCUT2D eigenvalue weighted by molar-refractivity contribution is 0.326. The summed E-state index contributed by atoms with van der Waals surface area (Å²) in [6.07, 6.45) is 5.53. The smallest absolute Gasteiger partial charge is 0.332 e. The molecule has 0 bridgehead atoms. The normalized spacial score (nSPS) is 21.8. The van der Waals surface area contributed by atoms with Crippen molar-refractivity contribution in [2.24, 2.45) is 20.0 Å². The molecule has 1 fully saturated rings. The molecule has 6 nitrogen and oxygen atoms in total. The molecule has 0 spiro atoms. The predicted molar refractivity (Wildman–Crippen MR) is 81.3 cm³/mol. The van der Waals surface area contributed by atoms with Crippen molar-refractivity contribution in [3.63, 3.8) is 0 Å². The monoisotopic (exact) mass is 290 g/mol. The molecule has 1 N–H and O–H groups in total. The fraction of sp³-hybridized carbons (Fsp3) is 0.667. The summed E-state index contributed by atoms with van der Waals surface area (Å²) in [5.41, 5.74) is -0.937. The van der Waals surface area contributed by atoms with Gasteiger partial charge in [-0.15, -0.1) is 0 Å². The minimum atomic E-state index is -0.536. The van der Waals surface area contributed by atoms with Gasteiger partial charge in [0.1, 0.15) is 11.9 Å². The van der Waals surface area contributed by atoms with Crippen molar-refractivity contribution in [1.29, 1.82) is 5.26 Å². The summed E-state index contributed by atoms with van der Waals surface area (Å²) in [6.45, 7) is 2.18. The van der Waals surface area contributed by atoms with Crippen molar-refractivity contribution < 1.29 is 0 Å². The van der Waals surface area contributed by atoms with Crippen molar-refractivity contribution in [3.8, 4) is 6.07 Å². The quantitative estimate of drug-likeness (QED) is 0.911. The van der Waals surface area contributed by atoms with Crippen LogP contribution >= 0.6 is 0 Å². The molecule has 0 aromatic carbocycles. The number of nitrogens with zero attached hydrogens (tertiary/aromatic N) is 3. The summed E-state index contributed by atoms with van der Waals surface area (Å²) < 4.78 is 2.33. The SMILES string of the molecule is CCC1CCCC(Nc2c(C#N)c(=O)n(C)c(=O)n2C)C1. The van der Waals surface area contributed by atoms with Crippen molar-refractivity contribution in [2.45, 2.75) is 45.1 Å². The van der Waals surface area contributed by atoms with E-state index >= 15 is 0 Å². The van der Waals surface area contributed by atoms with Crippen LogP contribution in [-0.4, -0.2) is 15.2 Å². The van der Waals surface area contributed by atoms with E-state index in [1.165, 1.54) is 18.0 Å². The van der Waals surface area contributed by atoms with Gasteiger partial charge in [0.2, 0.25) is 0 Å². The van der Waals surface area contributed by atoms with E-state index in [4.69, 9.17) is 0 Å². The molecule has 1 aromatic rings. The highest BCUT2D eigenvalue weighted by atomic mass is 16.2. The standard InChI is InChI=1S/C15H22N4O2/c1-4-10-6-5-7-11(8-10)17-13-12(9-16)14(20)19(3)15(21)18(13)2/h10-11,17H,4-8H2,1-3H3. The van der Waals surface area contributed by atoms with Crippen LogP contribution in [0.5, 0.6) is 0 Å². The van der Waals surface area contributed by atoms with E-state index in [1.807, 2.05) is 6.07 Å². The molecule has 1 heterocycles. The van der Waals surface area contributed by atoms with E-state index in [-0.39, 0.29) is 11.6 Å². The number of rotatable bonds is 3. The fourth-order valence-electron chi connectivity index (χ4n) is 3.10. The van der Waals surface area contributed by atoms with Gasteiger partial charge in [0.15, 0.2) is 5.56 Å². The van der Waals surface area contributed by atoms with Crippen LogP contribution in [0.2, 0.25) is 0 Å². The Labute approximate surface area is 124 Å². The fourth-order valence-corrected chi connectivity index (χ4v) is 3.10. The molecule has 0 radical (unpaired) electrons. The highest BCUT2D eigenvalue weighted by Crippen LogP contribution is 2.28. The van der Waals surface area contributed by atoms with Crippen LogP contribution < -0.4 is 16.6 Å². The molecule has 2 unspecified atom stereocenters. The Bertz CT molecular complexity index is 681. The Morgan fingerprint density at radius 2 is 2.00 bits per heavy atom. The van der Waals surface area contributed by atoms with Gasteiger partial charge >= 0.3 is 5.69 Å². The van der Waals surface area contributed by atoms with Crippen molar-refractivity contribution in [2.75, 3.05) is 5.32 Å². The van der Waals surface area contributed by atoms with E-state index in [9.17, 15) is 14.9 Å². The zero-order valence-electron chi connectivity index (χ0n) is 12.8. The number of hydrogen-bond acceptors (Lipinski definition) is 4. The molecule has 0 aliphatic heterocycles. The van der Waals surface area contributed by atoms with Crippen LogP contribution in [0, 0.1) is 17.2 Å². The van der Waals surface area contributed by atoms with E-state index in [1.54, 1.807) is 7.05 Å². The molecular formula is C15H22N4O2. The van der Waals surface area contributed by atoms with Crippen molar-refractivity contribution in [1.82, 2.24) is 9.13 Å². The first-order valence-electron chi connectivity index (χ1n) is 7.46. The maximum atomic E-state index is 12.0. The topological polar surface area (TPSA) is 79.8 Å².